The third kappa shape index (κ3) is 4.18. The molecule has 0 aromatic heterocycles. The Balaban J connectivity index is 1.37. The highest BCUT2D eigenvalue weighted by Gasteiger charge is 2.44. The zero-order valence-corrected chi connectivity index (χ0v) is 26.6. The summed E-state index contributed by atoms with van der Waals surface area (Å²) in [5.41, 5.74) is 19.0. The zero-order valence-electron chi connectivity index (χ0n) is 26.6. The lowest BCUT2D eigenvalue weighted by molar-refractivity contribution is 0.761. The molecule has 0 N–H and O–H groups in total. The smallest absolute Gasteiger partial charge is 0.252 e. The van der Waals surface area contributed by atoms with Gasteiger partial charge in [-0.1, -0.05) is 117 Å². The number of para-hydroxylation sites is 1. The Morgan fingerprint density at radius 1 is 0.587 bits per heavy atom. The first kappa shape index (κ1) is 27.3. The summed E-state index contributed by atoms with van der Waals surface area (Å²) < 4.78 is 0. The minimum absolute atomic E-state index is 0.166. The van der Waals surface area contributed by atoms with Crippen LogP contribution < -0.4 is 26.2 Å². The van der Waals surface area contributed by atoms with Gasteiger partial charge in [0.15, 0.2) is 0 Å². The second-order valence-electron chi connectivity index (χ2n) is 13.4. The number of fused-ring (bicyclic) bond motifs is 4. The predicted octanol–water partition coefficient (Wildman–Crippen LogP) is 9.23. The van der Waals surface area contributed by atoms with E-state index in [0.29, 0.717) is 5.92 Å². The molecule has 0 bridgehead atoms. The molecule has 6 aromatic carbocycles. The molecule has 0 atom stereocenters. The van der Waals surface area contributed by atoms with E-state index in [1.54, 1.807) is 0 Å². The van der Waals surface area contributed by atoms with Gasteiger partial charge in [0.25, 0.3) is 6.71 Å². The lowest BCUT2D eigenvalue weighted by atomic mass is 9.33. The van der Waals surface area contributed by atoms with Gasteiger partial charge in [0.2, 0.25) is 0 Å². The van der Waals surface area contributed by atoms with Crippen molar-refractivity contribution in [2.75, 3.05) is 16.3 Å². The molecule has 0 fully saturated rings. The van der Waals surface area contributed by atoms with E-state index in [1.165, 1.54) is 91.0 Å². The van der Waals surface area contributed by atoms with Gasteiger partial charge in [-0.25, -0.2) is 0 Å². The van der Waals surface area contributed by atoms with Crippen LogP contribution in [0.15, 0.2) is 133 Å². The van der Waals surface area contributed by atoms with E-state index >= 15 is 0 Å². The third-order valence-corrected chi connectivity index (χ3v) is 10.4. The molecule has 6 aromatic rings. The van der Waals surface area contributed by atoms with Crippen molar-refractivity contribution in [1.82, 2.24) is 0 Å². The average molecular weight is 593 g/mol. The van der Waals surface area contributed by atoms with Crippen molar-refractivity contribution in [1.29, 1.82) is 0 Å². The molecule has 0 spiro atoms. The summed E-state index contributed by atoms with van der Waals surface area (Å²) in [5, 5.41) is 0. The largest absolute Gasteiger partial charge is 0.342 e. The van der Waals surface area contributed by atoms with Crippen LogP contribution in [0.5, 0.6) is 0 Å². The van der Waals surface area contributed by atoms with Crippen LogP contribution in [0.2, 0.25) is 0 Å². The van der Waals surface area contributed by atoms with Crippen LogP contribution in [0.25, 0.3) is 22.3 Å². The van der Waals surface area contributed by atoms with Gasteiger partial charge >= 0.3 is 0 Å². The molecule has 3 aliphatic rings. The van der Waals surface area contributed by atoms with Crippen LogP contribution in [0, 0.1) is 0 Å². The monoisotopic (exact) mass is 592 g/mol. The third-order valence-electron chi connectivity index (χ3n) is 10.4. The Labute approximate surface area is 273 Å². The van der Waals surface area contributed by atoms with Crippen LogP contribution in [-0.2, 0) is 6.42 Å². The fourth-order valence-corrected chi connectivity index (χ4v) is 8.21. The van der Waals surface area contributed by atoms with E-state index in [4.69, 9.17) is 0 Å². The van der Waals surface area contributed by atoms with Crippen LogP contribution in [0.3, 0.4) is 0 Å². The van der Waals surface area contributed by atoms with Crippen LogP contribution in [-0.4, -0.2) is 13.3 Å². The van der Waals surface area contributed by atoms with Gasteiger partial charge in [-0.05, 0) is 105 Å². The quantitative estimate of drug-likeness (QED) is 0.188. The standard InChI is InChI=1S/C43H37BN2/c1-29(2)33-27-40-42-41(28-33)46(34-18-10-5-11-19-34)39-26-32(30-14-6-3-7-15-30)21-23-37(39)44(42)38-24-22-35(31-16-8-4-9-17-31)36-20-12-13-25-45(40)43(36)38/h3-11,14-19,21-24,26-29H,12-13,20,25H2,1-2H3. The number of hydrogen-bond donors (Lipinski definition) is 0. The molecule has 0 amide bonds. The summed E-state index contributed by atoms with van der Waals surface area (Å²) in [6.07, 6.45) is 3.50. The molecule has 2 nitrogen and oxygen atoms in total. The molecule has 0 saturated carbocycles. The molecule has 222 valence electrons. The topological polar surface area (TPSA) is 6.48 Å². The first-order valence-electron chi connectivity index (χ1n) is 16.9. The number of nitrogens with zero attached hydrogens (tertiary/aromatic N) is 2. The van der Waals surface area contributed by atoms with Crippen molar-refractivity contribution < 1.29 is 0 Å². The Morgan fingerprint density at radius 3 is 2.00 bits per heavy atom. The SMILES string of the molecule is CC(C)c1cc2c3c(c1)N(c1ccccc1)c1cc(-c4ccccc4)ccc1B3c1ccc(-c3ccccc3)c3c1N2CCCC3. The predicted molar refractivity (Wildman–Crippen MR) is 197 cm³/mol. The number of benzene rings is 6. The first-order valence-corrected chi connectivity index (χ1v) is 16.9. The Morgan fingerprint density at radius 2 is 1.26 bits per heavy atom. The maximum absolute atomic E-state index is 2.71. The molecular formula is C43H37BN2. The molecule has 46 heavy (non-hydrogen) atoms. The normalized spacial score (nSPS) is 14.5. The molecule has 9 rings (SSSR count). The zero-order chi connectivity index (χ0) is 30.8. The molecule has 0 saturated heterocycles. The van der Waals surface area contributed by atoms with Crippen molar-refractivity contribution in [2.45, 2.75) is 39.0 Å². The van der Waals surface area contributed by atoms with Crippen molar-refractivity contribution in [3.05, 3.63) is 145 Å². The minimum Gasteiger partial charge on any atom is -0.342 e. The van der Waals surface area contributed by atoms with Gasteiger partial charge in [-0.15, -0.1) is 0 Å². The Hall–Kier alpha value is -5.02. The molecule has 0 aliphatic carbocycles. The summed E-state index contributed by atoms with van der Waals surface area (Å²) >= 11 is 0. The van der Waals surface area contributed by atoms with Gasteiger partial charge in [0.1, 0.15) is 0 Å². The number of rotatable bonds is 4. The highest BCUT2D eigenvalue weighted by Crippen LogP contribution is 2.46. The van der Waals surface area contributed by atoms with Gasteiger partial charge in [-0.2, -0.15) is 0 Å². The highest BCUT2D eigenvalue weighted by atomic mass is 15.2. The van der Waals surface area contributed by atoms with E-state index in [1.807, 2.05) is 0 Å². The molecule has 3 heteroatoms. The molecule has 0 radical (unpaired) electrons. The fourth-order valence-electron chi connectivity index (χ4n) is 8.21. The number of anilines is 5. The first-order chi connectivity index (χ1) is 22.7. The van der Waals surface area contributed by atoms with Crippen LogP contribution >= 0.6 is 0 Å². The summed E-state index contributed by atoms with van der Waals surface area (Å²) in [5.74, 6) is 0.415. The second-order valence-corrected chi connectivity index (χ2v) is 13.4. The van der Waals surface area contributed by atoms with Gasteiger partial charge < -0.3 is 9.80 Å². The van der Waals surface area contributed by atoms with E-state index < -0.39 is 0 Å². The van der Waals surface area contributed by atoms with E-state index in [0.717, 1.165) is 13.0 Å². The highest BCUT2D eigenvalue weighted by molar-refractivity contribution is 7.00. The maximum Gasteiger partial charge on any atom is 0.252 e. The van der Waals surface area contributed by atoms with Gasteiger partial charge in [0, 0.05) is 35.0 Å². The molecular weight excluding hydrogens is 555 g/mol. The van der Waals surface area contributed by atoms with Crippen LogP contribution in [0.4, 0.5) is 28.4 Å². The molecule has 0 unspecified atom stereocenters. The molecule has 3 aliphatic heterocycles. The summed E-state index contributed by atoms with van der Waals surface area (Å²) in [4.78, 5) is 5.25. The lowest BCUT2D eigenvalue weighted by Crippen LogP contribution is -2.62. The summed E-state index contributed by atoms with van der Waals surface area (Å²) in [7, 11) is 0. The molecule has 3 heterocycles. The van der Waals surface area contributed by atoms with E-state index in [2.05, 4.69) is 157 Å². The van der Waals surface area contributed by atoms with E-state index in [-0.39, 0.29) is 6.71 Å². The second kappa shape index (κ2) is 10.8. The Bertz CT molecular complexity index is 2090. The van der Waals surface area contributed by atoms with E-state index in [9.17, 15) is 0 Å². The Kier molecular flexibility index (Phi) is 6.42. The van der Waals surface area contributed by atoms with Gasteiger partial charge in [0.05, 0.1) is 0 Å². The number of hydrogen-bond acceptors (Lipinski definition) is 2. The van der Waals surface area contributed by atoms with Crippen LogP contribution in [0.1, 0.15) is 43.7 Å². The van der Waals surface area contributed by atoms with Crippen molar-refractivity contribution >= 4 is 51.5 Å². The van der Waals surface area contributed by atoms with Gasteiger partial charge in [-0.3, -0.25) is 0 Å². The maximum atomic E-state index is 2.71. The summed E-state index contributed by atoms with van der Waals surface area (Å²) in [6.45, 7) is 5.88. The fraction of sp³-hybridized carbons (Fsp3) is 0.163. The average Bonchev–Trinajstić information content (AvgIpc) is 3.34. The minimum atomic E-state index is 0.166. The van der Waals surface area contributed by atoms with Crippen molar-refractivity contribution in [3.63, 3.8) is 0 Å². The van der Waals surface area contributed by atoms with Crippen molar-refractivity contribution in [2.24, 2.45) is 0 Å². The van der Waals surface area contributed by atoms with Crippen molar-refractivity contribution in [3.8, 4) is 22.3 Å². The lowest BCUT2D eigenvalue weighted by Gasteiger charge is -2.45. The summed E-state index contributed by atoms with van der Waals surface area (Å²) in [6, 6.07) is 49.9.